The van der Waals surface area contributed by atoms with Gasteiger partial charge in [-0.05, 0) is 43.3 Å². The average Bonchev–Trinajstić information content (AvgIpc) is 2.90. The van der Waals surface area contributed by atoms with Crippen molar-refractivity contribution in [3.05, 3.63) is 71.4 Å². The highest BCUT2D eigenvalue weighted by Gasteiger charge is 2.32. The van der Waals surface area contributed by atoms with Crippen LogP contribution in [0.1, 0.15) is 6.92 Å². The zero-order valence-corrected chi connectivity index (χ0v) is 20.8. The summed E-state index contributed by atoms with van der Waals surface area (Å²) in [5, 5.41) is 13.2. The Labute approximate surface area is 221 Å². The number of carbonyl (C=O) groups is 2. The molecule has 0 bridgehead atoms. The molecule has 2 aromatic rings. The molecule has 2 aliphatic rings. The molecule has 13 heteroatoms. The molecule has 3 N–H and O–H groups in total. The minimum Gasteiger partial charge on any atom is -0.482 e. The van der Waals surface area contributed by atoms with Crippen LogP contribution in [0, 0.1) is 11.2 Å². The molecule has 2 aromatic carbocycles. The predicted molar refractivity (Wildman–Crippen MR) is 136 cm³/mol. The lowest BCUT2D eigenvalue weighted by atomic mass is 10.1. The van der Waals surface area contributed by atoms with Crippen LogP contribution in [0.2, 0.25) is 0 Å². The second-order valence-electron chi connectivity index (χ2n) is 8.66. The van der Waals surface area contributed by atoms with Crippen LogP contribution >= 0.6 is 0 Å². The number of carbonyl (C=O) groups excluding carboxylic acids is 2. The van der Waals surface area contributed by atoms with E-state index in [1.165, 1.54) is 6.20 Å². The largest absolute Gasteiger partial charge is 0.482 e. The van der Waals surface area contributed by atoms with Crippen molar-refractivity contribution in [2.45, 2.75) is 13.1 Å². The summed E-state index contributed by atoms with van der Waals surface area (Å²) in [7, 11) is 0. The molecule has 206 valence electrons. The molecule has 0 saturated carbocycles. The van der Waals surface area contributed by atoms with Gasteiger partial charge in [-0.3, -0.25) is 14.5 Å². The average molecular weight is 548 g/mol. The number of rotatable bonds is 7. The highest BCUT2D eigenvalue weighted by molar-refractivity contribution is 6.24. The maximum Gasteiger partial charge on any atom is 0.422 e. The van der Waals surface area contributed by atoms with E-state index in [1.54, 1.807) is 19.1 Å². The van der Waals surface area contributed by atoms with Crippen LogP contribution < -0.4 is 25.2 Å². The summed E-state index contributed by atoms with van der Waals surface area (Å²) in [6.07, 6.45) is -2.73. The van der Waals surface area contributed by atoms with E-state index in [-0.39, 0.29) is 17.0 Å². The number of ether oxygens (including phenoxy) is 2. The predicted octanol–water partition coefficient (Wildman–Crippen LogP) is 3.94. The number of alkyl halides is 3. The van der Waals surface area contributed by atoms with Gasteiger partial charge in [0.1, 0.15) is 17.3 Å². The summed E-state index contributed by atoms with van der Waals surface area (Å²) in [6, 6.07) is 9.81. The fourth-order valence-corrected chi connectivity index (χ4v) is 4.01. The first-order chi connectivity index (χ1) is 18.6. The standard InChI is InChI=1S/C26H25F4N5O4/c1-16-14-35(21-7-2-17(27)12-22(21)39-15-26(28,29)30)25(37)23(32-16)20(13-31)24(36)33-18-3-5-19(6-4-18)34-8-10-38-11-9-34/h2-7,12-14,31-32H,8-11,15H2,1H3,(H,33,36)/b23-20+,31-13?. The number of hydrogen-bond acceptors (Lipinski definition) is 7. The lowest BCUT2D eigenvalue weighted by molar-refractivity contribution is -0.153. The van der Waals surface area contributed by atoms with Gasteiger partial charge >= 0.3 is 6.18 Å². The Hall–Kier alpha value is -4.39. The van der Waals surface area contributed by atoms with Gasteiger partial charge < -0.3 is 30.4 Å². The highest BCUT2D eigenvalue weighted by atomic mass is 19.4. The SMILES string of the molecule is CC1=CN(c2ccc(F)cc2OCC(F)(F)F)C(=O)/C(=C(/C=N)C(=O)Nc2ccc(N3CCOCC3)cc2)N1. The number of benzene rings is 2. The molecule has 4 rings (SSSR count). The summed E-state index contributed by atoms with van der Waals surface area (Å²) in [4.78, 5) is 29.5. The molecule has 0 unspecified atom stereocenters. The minimum atomic E-state index is -4.69. The zero-order valence-electron chi connectivity index (χ0n) is 20.8. The Morgan fingerprint density at radius 2 is 1.87 bits per heavy atom. The van der Waals surface area contributed by atoms with E-state index >= 15 is 0 Å². The van der Waals surface area contributed by atoms with Crippen molar-refractivity contribution in [2.75, 3.05) is 48.0 Å². The number of morpholine rings is 1. The van der Waals surface area contributed by atoms with Gasteiger partial charge in [0, 0.05) is 48.6 Å². The van der Waals surface area contributed by atoms with Crippen molar-refractivity contribution in [2.24, 2.45) is 0 Å². The number of halogens is 4. The van der Waals surface area contributed by atoms with Gasteiger partial charge in [-0.2, -0.15) is 13.2 Å². The third-order valence-corrected chi connectivity index (χ3v) is 5.81. The van der Waals surface area contributed by atoms with Crippen molar-refractivity contribution in [1.82, 2.24) is 5.32 Å². The molecule has 2 amide bonds. The molecule has 0 atom stereocenters. The van der Waals surface area contributed by atoms with Crippen molar-refractivity contribution in [1.29, 1.82) is 5.41 Å². The second kappa shape index (κ2) is 11.6. The summed E-state index contributed by atoms with van der Waals surface area (Å²) in [5.74, 6) is -3.01. The van der Waals surface area contributed by atoms with Gasteiger partial charge in [0.15, 0.2) is 6.61 Å². The molecule has 1 saturated heterocycles. The summed E-state index contributed by atoms with van der Waals surface area (Å²) in [5.41, 5.74) is 0.911. The summed E-state index contributed by atoms with van der Waals surface area (Å²) < 4.78 is 62.2. The molecule has 2 aliphatic heterocycles. The molecule has 0 radical (unpaired) electrons. The Kier molecular flexibility index (Phi) is 8.19. The zero-order chi connectivity index (χ0) is 28.2. The quantitative estimate of drug-likeness (QED) is 0.276. The number of hydrogen-bond donors (Lipinski definition) is 3. The third kappa shape index (κ3) is 6.74. The summed E-state index contributed by atoms with van der Waals surface area (Å²) in [6.45, 7) is 2.56. The molecular formula is C26H25F4N5O4. The van der Waals surface area contributed by atoms with Crippen LogP contribution in [-0.2, 0) is 14.3 Å². The smallest absolute Gasteiger partial charge is 0.422 e. The van der Waals surface area contributed by atoms with Crippen molar-refractivity contribution in [3.8, 4) is 5.75 Å². The molecule has 2 heterocycles. The van der Waals surface area contributed by atoms with E-state index < -0.39 is 36.2 Å². The van der Waals surface area contributed by atoms with Crippen molar-refractivity contribution < 1.29 is 36.6 Å². The summed E-state index contributed by atoms with van der Waals surface area (Å²) >= 11 is 0. The van der Waals surface area contributed by atoms with E-state index in [1.807, 2.05) is 12.1 Å². The Morgan fingerprint density at radius 3 is 2.51 bits per heavy atom. The first-order valence-electron chi connectivity index (χ1n) is 11.8. The van der Waals surface area contributed by atoms with Crippen LogP contribution in [0.4, 0.5) is 34.6 Å². The van der Waals surface area contributed by atoms with Gasteiger partial charge in [-0.25, -0.2) is 4.39 Å². The number of nitrogens with zero attached hydrogens (tertiary/aromatic N) is 2. The fraction of sp³-hybridized carbons (Fsp3) is 0.269. The van der Waals surface area contributed by atoms with Crippen LogP contribution in [0.3, 0.4) is 0 Å². The number of amides is 2. The molecule has 1 fully saturated rings. The van der Waals surface area contributed by atoms with Gasteiger partial charge in [-0.1, -0.05) is 0 Å². The van der Waals surface area contributed by atoms with Gasteiger partial charge in [0.2, 0.25) is 0 Å². The van der Waals surface area contributed by atoms with Crippen LogP contribution in [0.15, 0.2) is 65.6 Å². The lowest BCUT2D eigenvalue weighted by Gasteiger charge is -2.29. The van der Waals surface area contributed by atoms with Crippen LogP contribution in [-0.4, -0.2) is 57.1 Å². The molecule has 9 nitrogen and oxygen atoms in total. The maximum absolute atomic E-state index is 13.8. The molecule has 39 heavy (non-hydrogen) atoms. The highest BCUT2D eigenvalue weighted by Crippen LogP contribution is 2.34. The monoisotopic (exact) mass is 547 g/mol. The number of nitrogens with one attached hydrogen (secondary N) is 3. The first kappa shape index (κ1) is 27.6. The van der Waals surface area contributed by atoms with E-state index in [9.17, 15) is 27.2 Å². The molecular weight excluding hydrogens is 522 g/mol. The maximum atomic E-state index is 13.8. The molecule has 0 aliphatic carbocycles. The van der Waals surface area contributed by atoms with Crippen LogP contribution in [0.5, 0.6) is 5.75 Å². The third-order valence-electron chi connectivity index (χ3n) is 5.81. The number of anilines is 3. The van der Waals surface area contributed by atoms with Crippen LogP contribution in [0.25, 0.3) is 0 Å². The van der Waals surface area contributed by atoms with Gasteiger partial charge in [0.25, 0.3) is 11.8 Å². The Balaban J connectivity index is 1.58. The lowest BCUT2D eigenvalue weighted by Crippen LogP contribution is -2.40. The Bertz CT molecular complexity index is 1320. The fourth-order valence-electron chi connectivity index (χ4n) is 4.01. The van der Waals surface area contributed by atoms with E-state index in [0.29, 0.717) is 30.8 Å². The molecule has 0 aromatic heterocycles. The van der Waals surface area contributed by atoms with Crippen molar-refractivity contribution >= 4 is 35.1 Å². The normalized spacial score (nSPS) is 17.3. The topological polar surface area (TPSA) is 107 Å². The second-order valence-corrected chi connectivity index (χ2v) is 8.66. The van der Waals surface area contributed by atoms with E-state index in [4.69, 9.17) is 14.9 Å². The Morgan fingerprint density at radius 1 is 1.18 bits per heavy atom. The van der Waals surface area contributed by atoms with Crippen molar-refractivity contribution in [3.63, 3.8) is 0 Å². The van der Waals surface area contributed by atoms with Gasteiger partial charge in [0.05, 0.1) is 24.5 Å². The molecule has 0 spiro atoms. The minimum absolute atomic E-state index is 0.174. The van der Waals surface area contributed by atoms with Gasteiger partial charge in [-0.15, -0.1) is 0 Å². The number of allylic oxidation sites excluding steroid dienone is 1. The van der Waals surface area contributed by atoms with E-state index in [2.05, 4.69) is 15.5 Å². The van der Waals surface area contributed by atoms with E-state index in [0.717, 1.165) is 41.9 Å². The first-order valence-corrected chi connectivity index (χ1v) is 11.8.